The van der Waals surface area contributed by atoms with E-state index in [0.29, 0.717) is 62.2 Å². The maximum absolute atomic E-state index is 9.98. The van der Waals surface area contributed by atoms with Crippen LogP contribution in [0.2, 0.25) is 10.2 Å². The van der Waals surface area contributed by atoms with Gasteiger partial charge in [-0.2, -0.15) is 0 Å². The molecule has 0 aliphatic carbocycles. The Labute approximate surface area is 246 Å². The quantitative estimate of drug-likeness (QED) is 0.125. The van der Waals surface area contributed by atoms with Gasteiger partial charge in [0.15, 0.2) is 23.1 Å². The second-order valence-corrected chi connectivity index (χ2v) is 10.00. The van der Waals surface area contributed by atoms with Crippen molar-refractivity contribution < 1.29 is 14.7 Å². The molecule has 0 unspecified atom stereocenters. The molecule has 3 heterocycles. The lowest BCUT2D eigenvalue weighted by Crippen LogP contribution is -2.25. The van der Waals surface area contributed by atoms with Gasteiger partial charge in [-0.15, -0.1) is 0 Å². The topological polar surface area (TPSA) is 89.7 Å². The molecule has 3 aromatic carbocycles. The number of halogens is 2. The molecule has 1 fully saturated rings. The highest BCUT2D eigenvalue weighted by Crippen LogP contribution is 2.38. The Morgan fingerprint density at radius 1 is 0.951 bits per heavy atom. The van der Waals surface area contributed by atoms with Crippen LogP contribution in [0.15, 0.2) is 108 Å². The number of pyridine rings is 1. The Kier molecular flexibility index (Phi) is 7.37. The molecule has 0 amide bonds. The molecule has 1 saturated heterocycles. The number of hydrogen-bond donors (Lipinski definition) is 1. The Morgan fingerprint density at radius 2 is 1.76 bits per heavy atom. The van der Waals surface area contributed by atoms with Gasteiger partial charge in [-0.3, -0.25) is 4.98 Å². The first-order valence-corrected chi connectivity index (χ1v) is 13.4. The molecular weight excluding hydrogens is 559 g/mol. The van der Waals surface area contributed by atoms with E-state index in [1.165, 1.54) is 0 Å². The number of benzene rings is 3. The molecule has 5 aromatic rings. The summed E-state index contributed by atoms with van der Waals surface area (Å²) in [6.45, 7) is 2.28. The van der Waals surface area contributed by atoms with E-state index < -0.39 is 0 Å². The lowest BCUT2D eigenvalue weighted by atomic mass is 9.97. The summed E-state index contributed by atoms with van der Waals surface area (Å²) in [5.74, 6) is 1.65. The number of aryl methyl sites for hydroxylation is 1. The van der Waals surface area contributed by atoms with Gasteiger partial charge in [0.1, 0.15) is 17.5 Å². The molecule has 1 aliphatic rings. The van der Waals surface area contributed by atoms with Gasteiger partial charge in [-0.05, 0) is 54.4 Å². The molecule has 0 atom stereocenters. The first-order valence-electron chi connectivity index (χ1n) is 12.7. The van der Waals surface area contributed by atoms with E-state index in [-0.39, 0.29) is 5.71 Å². The normalized spacial score (nSPS) is 16.0. The largest absolute Gasteiger partial charge is 0.489 e. The zero-order valence-electron chi connectivity index (χ0n) is 21.8. The number of rotatable bonds is 6. The number of fused-ring (bicyclic) bond motifs is 1. The number of para-hydroxylation sites is 1. The van der Waals surface area contributed by atoms with E-state index in [9.17, 15) is 5.21 Å². The second-order valence-electron chi connectivity index (χ2n) is 9.23. The maximum Gasteiger partial charge on any atom is 0.188 e. The van der Waals surface area contributed by atoms with E-state index in [1.807, 2.05) is 91.9 Å². The summed E-state index contributed by atoms with van der Waals surface area (Å²) in [5.41, 5.74) is 4.68. The van der Waals surface area contributed by atoms with Crippen LogP contribution in [0.3, 0.4) is 0 Å². The van der Waals surface area contributed by atoms with E-state index in [2.05, 4.69) is 15.1 Å². The van der Waals surface area contributed by atoms with Gasteiger partial charge in [-0.25, -0.2) is 9.97 Å². The molecule has 0 bridgehead atoms. The van der Waals surface area contributed by atoms with Crippen LogP contribution in [-0.2, 0) is 11.3 Å². The summed E-state index contributed by atoms with van der Waals surface area (Å²) in [6, 6.07) is 26.2. The predicted octanol–water partition coefficient (Wildman–Crippen LogP) is 7.88. The summed E-state index contributed by atoms with van der Waals surface area (Å²) in [7, 11) is 0. The molecule has 0 radical (unpaired) electrons. The van der Waals surface area contributed by atoms with Crippen molar-refractivity contribution in [1.82, 2.24) is 15.0 Å². The van der Waals surface area contributed by atoms with Crippen molar-refractivity contribution in [3.63, 3.8) is 0 Å². The Hall–Kier alpha value is -4.72. The molecule has 2 aromatic heterocycles. The van der Waals surface area contributed by atoms with Gasteiger partial charge in [0, 0.05) is 28.2 Å². The Morgan fingerprint density at radius 3 is 2.51 bits per heavy atom. The summed E-state index contributed by atoms with van der Waals surface area (Å²) < 4.78 is 12.1. The first-order chi connectivity index (χ1) is 20.0. The molecule has 1 aliphatic heterocycles. The van der Waals surface area contributed by atoms with Crippen LogP contribution in [0.4, 0.5) is 0 Å². The van der Waals surface area contributed by atoms with Crippen molar-refractivity contribution in [3.8, 4) is 5.75 Å². The van der Waals surface area contributed by atoms with Crippen LogP contribution in [0.25, 0.3) is 22.6 Å². The minimum absolute atomic E-state index is 0.245. The summed E-state index contributed by atoms with van der Waals surface area (Å²) in [4.78, 5) is 13.8. The SMILES string of the molecule is Cc1cccc2c(Cl)nc(\C(=C3/OC(=C\c4ccccn4)/C3=N\O)c3ccc(OCc4ccccc4Cl)cc3)nc12. The van der Waals surface area contributed by atoms with Crippen molar-refractivity contribution >= 4 is 51.5 Å². The highest BCUT2D eigenvalue weighted by molar-refractivity contribution is 6.34. The molecule has 6 rings (SSSR count). The highest BCUT2D eigenvalue weighted by Gasteiger charge is 2.35. The molecule has 9 heteroatoms. The standard InChI is InChI=1S/C32H22Cl2N4O3/c1-19-7-6-10-24-28(19)36-32(37-31(24)34)27(30-29(38-39)26(41-30)17-22-9-4-5-16-35-22)20-12-14-23(15-13-20)40-18-21-8-2-3-11-25(21)33/h2-17,39H,18H2,1H3/b26-17-,30-27-,38-29+. The second kappa shape index (κ2) is 11.4. The van der Waals surface area contributed by atoms with Crippen molar-refractivity contribution in [3.05, 3.63) is 141 Å². The average Bonchev–Trinajstić information content (AvgIpc) is 2.98. The van der Waals surface area contributed by atoms with Gasteiger partial charge in [0.05, 0.1) is 16.8 Å². The van der Waals surface area contributed by atoms with Gasteiger partial charge in [0.2, 0.25) is 0 Å². The van der Waals surface area contributed by atoms with Gasteiger partial charge in [0.25, 0.3) is 0 Å². The zero-order chi connectivity index (χ0) is 28.3. The fourth-order valence-corrected chi connectivity index (χ4v) is 4.88. The zero-order valence-corrected chi connectivity index (χ0v) is 23.3. The average molecular weight is 581 g/mol. The van der Waals surface area contributed by atoms with Crippen LogP contribution in [-0.4, -0.2) is 25.9 Å². The fraction of sp³-hybridized carbons (Fsp3) is 0.0625. The summed E-state index contributed by atoms with van der Waals surface area (Å²) in [6.07, 6.45) is 3.37. The number of ether oxygens (including phenoxy) is 2. The Bertz CT molecular complexity index is 1850. The monoisotopic (exact) mass is 580 g/mol. The number of oxime groups is 1. The number of nitrogens with zero attached hydrogens (tertiary/aromatic N) is 4. The number of aromatic nitrogens is 3. The van der Waals surface area contributed by atoms with E-state index in [0.717, 1.165) is 16.5 Å². The fourth-order valence-electron chi connectivity index (χ4n) is 4.46. The minimum atomic E-state index is 0.245. The summed E-state index contributed by atoms with van der Waals surface area (Å²) in [5, 5.41) is 15.2. The molecule has 7 nitrogen and oxygen atoms in total. The van der Waals surface area contributed by atoms with E-state index >= 15 is 0 Å². The summed E-state index contributed by atoms with van der Waals surface area (Å²) >= 11 is 12.9. The lowest BCUT2D eigenvalue weighted by molar-refractivity contribution is 0.276. The van der Waals surface area contributed by atoms with Crippen molar-refractivity contribution in [2.24, 2.45) is 5.16 Å². The molecule has 0 saturated carbocycles. The third-order valence-electron chi connectivity index (χ3n) is 6.55. The first kappa shape index (κ1) is 26.5. The molecule has 41 heavy (non-hydrogen) atoms. The highest BCUT2D eigenvalue weighted by atomic mass is 35.5. The van der Waals surface area contributed by atoms with E-state index in [1.54, 1.807) is 12.3 Å². The van der Waals surface area contributed by atoms with Gasteiger partial charge >= 0.3 is 0 Å². The predicted molar refractivity (Wildman–Crippen MR) is 160 cm³/mol. The van der Waals surface area contributed by atoms with Crippen molar-refractivity contribution in [2.45, 2.75) is 13.5 Å². The third kappa shape index (κ3) is 5.37. The number of hydrogen-bond acceptors (Lipinski definition) is 7. The van der Waals surface area contributed by atoms with E-state index in [4.69, 9.17) is 37.7 Å². The van der Waals surface area contributed by atoms with Crippen LogP contribution in [0.5, 0.6) is 5.75 Å². The molecule has 0 spiro atoms. The van der Waals surface area contributed by atoms with Crippen LogP contribution >= 0.6 is 23.2 Å². The van der Waals surface area contributed by atoms with Crippen LogP contribution in [0, 0.1) is 6.92 Å². The van der Waals surface area contributed by atoms with Gasteiger partial charge in [-0.1, -0.05) is 76.9 Å². The maximum atomic E-state index is 9.98. The Balaban J connectivity index is 1.42. The van der Waals surface area contributed by atoms with Gasteiger partial charge < -0.3 is 14.7 Å². The van der Waals surface area contributed by atoms with Crippen LogP contribution < -0.4 is 4.74 Å². The van der Waals surface area contributed by atoms with Crippen molar-refractivity contribution in [1.29, 1.82) is 0 Å². The molecule has 1 N–H and O–H groups in total. The van der Waals surface area contributed by atoms with Crippen molar-refractivity contribution in [2.75, 3.05) is 0 Å². The molecular formula is C32H22Cl2N4O3. The minimum Gasteiger partial charge on any atom is -0.489 e. The third-order valence-corrected chi connectivity index (χ3v) is 7.21. The lowest BCUT2D eigenvalue weighted by Gasteiger charge is -2.27. The van der Waals surface area contributed by atoms with Crippen LogP contribution in [0.1, 0.15) is 28.2 Å². The molecule has 202 valence electrons. The smallest absolute Gasteiger partial charge is 0.188 e.